The largest absolute Gasteiger partial charge is 0.457 e. The van der Waals surface area contributed by atoms with E-state index in [1.807, 2.05) is 70.3 Å². The van der Waals surface area contributed by atoms with Crippen molar-refractivity contribution in [3.8, 4) is 22.8 Å². The number of nitrogens with zero attached hydrogens (tertiary/aromatic N) is 6. The lowest BCUT2D eigenvalue weighted by Gasteiger charge is -2.18. The number of carbonyl (C=O) groups excluding carboxylic acids is 1. The predicted octanol–water partition coefficient (Wildman–Crippen LogP) is 4.68. The number of para-hydroxylation sites is 1. The molecule has 1 amide bonds. The van der Waals surface area contributed by atoms with Crippen LogP contribution in [0.4, 0.5) is 5.82 Å². The van der Waals surface area contributed by atoms with Crippen molar-refractivity contribution >= 4 is 22.8 Å². The molecule has 200 valence electrons. The molecule has 2 N–H and O–H groups in total. The molecule has 0 spiro atoms. The fourth-order valence-electron chi connectivity index (χ4n) is 5.27. The number of fused-ring (bicyclic) bond motifs is 1. The average molecular weight is 524 g/mol. The van der Waals surface area contributed by atoms with Crippen LogP contribution in [0.3, 0.4) is 0 Å². The third kappa shape index (κ3) is 5.35. The van der Waals surface area contributed by atoms with Crippen LogP contribution >= 0.6 is 0 Å². The Morgan fingerprint density at radius 3 is 2.59 bits per heavy atom. The number of ether oxygens (including phenoxy) is 1. The number of aromatic nitrogens is 4. The Kier molecular flexibility index (Phi) is 6.98. The number of amides is 1. The maximum Gasteiger partial charge on any atom is 0.246 e. The van der Waals surface area contributed by atoms with E-state index in [0.29, 0.717) is 30.6 Å². The van der Waals surface area contributed by atoms with E-state index in [4.69, 9.17) is 15.6 Å². The standard InChI is InChI=1S/C30H33N7O2/c1-2-35(22-12-13-22)17-6-9-26(38)36-18-16-23(19-36)37-30-27(29(31)32-20-33-30)28(34-37)21-10-14-25(15-11-21)39-24-7-4-3-5-8-24/h3-11,14-15,20,22-23H,2,12-13,16-19H2,1H3,(H2,31,32,33). The number of carbonyl (C=O) groups is 1. The molecule has 0 bridgehead atoms. The lowest BCUT2D eigenvalue weighted by molar-refractivity contribution is -0.125. The summed E-state index contributed by atoms with van der Waals surface area (Å²) in [6.45, 7) is 5.26. The molecule has 1 saturated carbocycles. The first-order valence-electron chi connectivity index (χ1n) is 13.6. The number of nitrogens with two attached hydrogens (primary N) is 1. The zero-order valence-electron chi connectivity index (χ0n) is 22.1. The topological polar surface area (TPSA) is 102 Å². The zero-order chi connectivity index (χ0) is 26.8. The normalized spacial score (nSPS) is 17.5. The summed E-state index contributed by atoms with van der Waals surface area (Å²) in [5.41, 5.74) is 8.62. The molecule has 1 aliphatic heterocycles. The summed E-state index contributed by atoms with van der Waals surface area (Å²) in [6.07, 6.45) is 8.52. The SMILES string of the molecule is CCN(CC=CC(=O)N1CCC(n2nc(-c3ccc(Oc4ccccc4)cc3)c3c(N)ncnc32)C1)C1CC1. The van der Waals surface area contributed by atoms with Crippen molar-refractivity contribution in [1.29, 1.82) is 0 Å². The molecule has 6 rings (SSSR count). The van der Waals surface area contributed by atoms with Crippen molar-refractivity contribution in [2.24, 2.45) is 0 Å². The van der Waals surface area contributed by atoms with E-state index in [1.54, 1.807) is 6.08 Å². The highest BCUT2D eigenvalue weighted by atomic mass is 16.5. The van der Waals surface area contributed by atoms with Crippen LogP contribution in [-0.4, -0.2) is 67.7 Å². The minimum atomic E-state index is 0.00666. The Morgan fingerprint density at radius 1 is 1.08 bits per heavy atom. The van der Waals surface area contributed by atoms with Crippen molar-refractivity contribution in [3.63, 3.8) is 0 Å². The Hall–Kier alpha value is -4.24. The molecule has 2 fully saturated rings. The van der Waals surface area contributed by atoms with Gasteiger partial charge in [0.15, 0.2) is 5.65 Å². The first-order chi connectivity index (χ1) is 19.1. The van der Waals surface area contributed by atoms with E-state index in [-0.39, 0.29) is 11.9 Å². The van der Waals surface area contributed by atoms with Gasteiger partial charge in [-0.05, 0) is 62.2 Å². The minimum absolute atomic E-state index is 0.00666. The molecule has 1 saturated heterocycles. The van der Waals surface area contributed by atoms with Gasteiger partial charge in [-0.2, -0.15) is 5.10 Å². The Labute approximate surface area is 227 Å². The number of likely N-dealkylation sites (tertiary alicyclic amines) is 1. The third-order valence-electron chi connectivity index (χ3n) is 7.52. The van der Waals surface area contributed by atoms with Crippen LogP contribution in [0.1, 0.15) is 32.2 Å². The van der Waals surface area contributed by atoms with Crippen molar-refractivity contribution < 1.29 is 9.53 Å². The fraction of sp³-hybridized carbons (Fsp3) is 0.333. The number of likely N-dealkylation sites (N-methyl/N-ethyl adjacent to an activating group) is 1. The van der Waals surface area contributed by atoms with E-state index < -0.39 is 0 Å². The lowest BCUT2D eigenvalue weighted by Crippen LogP contribution is -2.29. The maximum absolute atomic E-state index is 12.9. The van der Waals surface area contributed by atoms with Crippen LogP contribution in [0.15, 0.2) is 73.1 Å². The van der Waals surface area contributed by atoms with Gasteiger partial charge >= 0.3 is 0 Å². The highest BCUT2D eigenvalue weighted by Crippen LogP contribution is 2.35. The predicted molar refractivity (Wildman–Crippen MR) is 151 cm³/mol. The molecule has 9 nitrogen and oxygen atoms in total. The molecule has 9 heteroatoms. The molecule has 2 aromatic heterocycles. The second-order valence-electron chi connectivity index (χ2n) is 10.1. The Bertz CT molecular complexity index is 1480. The monoisotopic (exact) mass is 523 g/mol. The van der Waals surface area contributed by atoms with E-state index in [2.05, 4.69) is 21.8 Å². The highest BCUT2D eigenvalue weighted by molar-refractivity contribution is 5.98. The highest BCUT2D eigenvalue weighted by Gasteiger charge is 2.30. The van der Waals surface area contributed by atoms with Crippen molar-refractivity contribution in [3.05, 3.63) is 73.1 Å². The van der Waals surface area contributed by atoms with E-state index >= 15 is 0 Å². The summed E-state index contributed by atoms with van der Waals surface area (Å²) in [6, 6.07) is 18.1. The first kappa shape index (κ1) is 25.1. The summed E-state index contributed by atoms with van der Waals surface area (Å²) in [5.74, 6) is 1.94. The third-order valence-corrected chi connectivity index (χ3v) is 7.52. The van der Waals surface area contributed by atoms with Crippen LogP contribution in [0.5, 0.6) is 11.5 Å². The van der Waals surface area contributed by atoms with E-state index in [1.165, 1.54) is 19.2 Å². The zero-order valence-corrected chi connectivity index (χ0v) is 22.1. The van der Waals surface area contributed by atoms with Gasteiger partial charge in [-0.1, -0.05) is 31.2 Å². The smallest absolute Gasteiger partial charge is 0.246 e. The van der Waals surface area contributed by atoms with Gasteiger partial charge in [0.05, 0.1) is 11.4 Å². The summed E-state index contributed by atoms with van der Waals surface area (Å²) in [7, 11) is 0. The molecule has 3 heterocycles. The number of benzene rings is 2. The van der Waals surface area contributed by atoms with Gasteiger partial charge in [0.2, 0.25) is 5.91 Å². The van der Waals surface area contributed by atoms with Crippen molar-refractivity contribution in [1.82, 2.24) is 29.5 Å². The summed E-state index contributed by atoms with van der Waals surface area (Å²) < 4.78 is 7.86. The second kappa shape index (κ2) is 10.9. The van der Waals surface area contributed by atoms with E-state index in [9.17, 15) is 4.79 Å². The number of hydrogen-bond acceptors (Lipinski definition) is 7. The molecule has 1 atom stereocenters. The van der Waals surface area contributed by atoms with Gasteiger partial charge in [-0.3, -0.25) is 9.69 Å². The molecular weight excluding hydrogens is 490 g/mol. The summed E-state index contributed by atoms with van der Waals surface area (Å²) >= 11 is 0. The summed E-state index contributed by atoms with van der Waals surface area (Å²) in [5, 5.41) is 5.68. The van der Waals surface area contributed by atoms with Crippen LogP contribution in [0.25, 0.3) is 22.3 Å². The minimum Gasteiger partial charge on any atom is -0.457 e. The van der Waals surface area contributed by atoms with E-state index in [0.717, 1.165) is 47.7 Å². The Morgan fingerprint density at radius 2 is 1.85 bits per heavy atom. The number of nitrogen functional groups attached to an aromatic ring is 1. The molecule has 0 radical (unpaired) electrons. The molecule has 2 aromatic carbocycles. The average Bonchev–Trinajstić information content (AvgIpc) is 3.54. The van der Waals surface area contributed by atoms with Crippen LogP contribution in [0.2, 0.25) is 0 Å². The maximum atomic E-state index is 12.9. The summed E-state index contributed by atoms with van der Waals surface area (Å²) in [4.78, 5) is 26.0. The first-order valence-corrected chi connectivity index (χ1v) is 13.6. The van der Waals surface area contributed by atoms with Crippen molar-refractivity contribution in [2.75, 3.05) is 31.9 Å². The number of hydrogen-bond donors (Lipinski definition) is 1. The molecular formula is C30H33N7O2. The molecule has 4 aromatic rings. The molecule has 39 heavy (non-hydrogen) atoms. The van der Waals surface area contributed by atoms with Crippen molar-refractivity contribution in [2.45, 2.75) is 38.3 Å². The number of anilines is 1. The lowest BCUT2D eigenvalue weighted by atomic mass is 10.1. The quantitative estimate of drug-likeness (QED) is 0.318. The van der Waals surface area contributed by atoms with Gasteiger partial charge in [-0.15, -0.1) is 0 Å². The van der Waals surface area contributed by atoms with Crippen LogP contribution in [-0.2, 0) is 4.79 Å². The van der Waals surface area contributed by atoms with Crippen LogP contribution in [0, 0.1) is 0 Å². The number of rotatable bonds is 9. The van der Waals surface area contributed by atoms with Gasteiger partial charge in [0.25, 0.3) is 0 Å². The molecule has 1 unspecified atom stereocenters. The van der Waals surface area contributed by atoms with Gasteiger partial charge in [0, 0.05) is 37.3 Å². The van der Waals surface area contributed by atoms with Gasteiger partial charge in [-0.25, -0.2) is 14.6 Å². The van der Waals surface area contributed by atoms with Gasteiger partial charge in [0.1, 0.15) is 29.3 Å². The second-order valence-corrected chi connectivity index (χ2v) is 10.1. The fourth-order valence-corrected chi connectivity index (χ4v) is 5.27. The van der Waals surface area contributed by atoms with Crippen LogP contribution < -0.4 is 10.5 Å². The Balaban J connectivity index is 1.20. The molecule has 2 aliphatic rings. The molecule has 1 aliphatic carbocycles. The van der Waals surface area contributed by atoms with Gasteiger partial charge < -0.3 is 15.4 Å².